The second-order valence-electron chi connectivity index (χ2n) is 5.33. The molecule has 0 N–H and O–H groups in total. The van der Waals surface area contributed by atoms with Gasteiger partial charge in [-0.2, -0.15) is 11.8 Å². The third-order valence-corrected chi connectivity index (χ3v) is 4.99. The molecule has 0 aromatic heterocycles. The average Bonchev–Trinajstić information content (AvgIpc) is 2.66. The Morgan fingerprint density at radius 2 is 2.11 bits per heavy atom. The van der Waals surface area contributed by atoms with Crippen LogP contribution in [0.5, 0.6) is 0 Å². The van der Waals surface area contributed by atoms with Crippen LogP contribution in [0, 0.1) is 0 Å². The van der Waals surface area contributed by atoms with Gasteiger partial charge in [-0.3, -0.25) is 9.69 Å². The lowest BCUT2D eigenvalue weighted by atomic mass is 10.2. The fourth-order valence-corrected chi connectivity index (χ4v) is 3.81. The summed E-state index contributed by atoms with van der Waals surface area (Å²) in [5, 5.41) is 0. The molecule has 2 fully saturated rings. The van der Waals surface area contributed by atoms with Crippen molar-refractivity contribution < 1.29 is 9.53 Å². The van der Waals surface area contributed by atoms with Gasteiger partial charge >= 0.3 is 0 Å². The van der Waals surface area contributed by atoms with Gasteiger partial charge in [0.05, 0.1) is 19.3 Å². The summed E-state index contributed by atoms with van der Waals surface area (Å²) in [5.41, 5.74) is 0. The SMILES string of the molecule is CCCC(=O)N1CCCSCC1CN1CCOCC1. The Kier molecular flexibility index (Phi) is 6.47. The van der Waals surface area contributed by atoms with Crippen LogP contribution in [0.2, 0.25) is 0 Å². The maximum absolute atomic E-state index is 12.3. The summed E-state index contributed by atoms with van der Waals surface area (Å²) in [6.07, 6.45) is 2.79. The number of carbonyl (C=O) groups is 1. The predicted molar refractivity (Wildman–Crippen MR) is 79.6 cm³/mol. The molecule has 2 aliphatic rings. The van der Waals surface area contributed by atoms with E-state index in [9.17, 15) is 4.79 Å². The van der Waals surface area contributed by atoms with Crippen molar-refractivity contribution in [3.63, 3.8) is 0 Å². The van der Waals surface area contributed by atoms with Crippen LogP contribution in [0.15, 0.2) is 0 Å². The molecule has 1 atom stereocenters. The normalized spacial score (nSPS) is 26.2. The van der Waals surface area contributed by atoms with Gasteiger partial charge < -0.3 is 9.64 Å². The Labute approximate surface area is 120 Å². The average molecular weight is 286 g/mol. The van der Waals surface area contributed by atoms with Crippen molar-refractivity contribution in [2.24, 2.45) is 0 Å². The van der Waals surface area contributed by atoms with Crippen molar-refractivity contribution in [1.82, 2.24) is 9.80 Å². The van der Waals surface area contributed by atoms with Gasteiger partial charge in [-0.15, -0.1) is 0 Å². The molecule has 110 valence electrons. The highest BCUT2D eigenvalue weighted by Gasteiger charge is 2.27. The molecule has 1 unspecified atom stereocenters. The molecule has 0 saturated carbocycles. The molecule has 2 heterocycles. The molecule has 0 radical (unpaired) electrons. The summed E-state index contributed by atoms with van der Waals surface area (Å²) in [5.74, 6) is 2.63. The molecular formula is C14H26N2O2S. The molecule has 0 aromatic carbocycles. The number of carbonyl (C=O) groups excluding carboxylic acids is 1. The fourth-order valence-electron chi connectivity index (χ4n) is 2.75. The van der Waals surface area contributed by atoms with Crippen molar-refractivity contribution in [3.8, 4) is 0 Å². The molecule has 4 nitrogen and oxygen atoms in total. The smallest absolute Gasteiger partial charge is 0.222 e. The van der Waals surface area contributed by atoms with E-state index in [0.29, 0.717) is 18.4 Å². The Morgan fingerprint density at radius 1 is 1.32 bits per heavy atom. The third kappa shape index (κ3) is 4.65. The van der Waals surface area contributed by atoms with E-state index in [1.54, 1.807) is 0 Å². The van der Waals surface area contributed by atoms with Gasteiger partial charge in [0.15, 0.2) is 0 Å². The molecule has 0 spiro atoms. The van der Waals surface area contributed by atoms with Gasteiger partial charge in [0, 0.05) is 38.4 Å². The van der Waals surface area contributed by atoms with E-state index in [4.69, 9.17) is 4.74 Å². The molecule has 0 aromatic rings. The van der Waals surface area contributed by atoms with Gasteiger partial charge in [0.2, 0.25) is 5.91 Å². The summed E-state index contributed by atoms with van der Waals surface area (Å²) in [6, 6.07) is 0.393. The molecular weight excluding hydrogens is 260 g/mol. The van der Waals surface area contributed by atoms with Crippen LogP contribution in [-0.2, 0) is 9.53 Å². The molecule has 0 bridgehead atoms. The largest absolute Gasteiger partial charge is 0.379 e. The zero-order valence-electron chi connectivity index (χ0n) is 12.0. The van der Waals surface area contributed by atoms with Crippen LogP contribution in [0.1, 0.15) is 26.2 Å². The van der Waals surface area contributed by atoms with E-state index in [-0.39, 0.29) is 0 Å². The van der Waals surface area contributed by atoms with Crippen LogP contribution >= 0.6 is 11.8 Å². The van der Waals surface area contributed by atoms with E-state index in [1.165, 1.54) is 5.75 Å². The molecule has 0 aliphatic carbocycles. The van der Waals surface area contributed by atoms with Gasteiger partial charge in [0.1, 0.15) is 0 Å². The standard InChI is InChI=1S/C14H26N2O2S/c1-2-4-14(17)16-5-3-10-19-12-13(16)11-15-6-8-18-9-7-15/h13H,2-12H2,1H3. The first kappa shape index (κ1) is 15.1. The highest BCUT2D eigenvalue weighted by Crippen LogP contribution is 2.19. The van der Waals surface area contributed by atoms with Gasteiger partial charge in [-0.25, -0.2) is 0 Å². The van der Waals surface area contributed by atoms with Crippen molar-refractivity contribution in [1.29, 1.82) is 0 Å². The number of ether oxygens (including phenoxy) is 1. The number of thioether (sulfide) groups is 1. The quantitative estimate of drug-likeness (QED) is 0.783. The van der Waals surface area contributed by atoms with Crippen LogP contribution in [0.25, 0.3) is 0 Å². The number of nitrogens with zero attached hydrogens (tertiary/aromatic N) is 2. The van der Waals surface area contributed by atoms with Crippen molar-refractivity contribution >= 4 is 17.7 Å². The summed E-state index contributed by atoms with van der Waals surface area (Å²) in [4.78, 5) is 16.9. The van der Waals surface area contributed by atoms with Crippen molar-refractivity contribution in [3.05, 3.63) is 0 Å². The Bertz CT molecular complexity index is 283. The maximum Gasteiger partial charge on any atom is 0.222 e. The Balaban J connectivity index is 1.93. The van der Waals surface area contributed by atoms with Crippen molar-refractivity contribution in [2.45, 2.75) is 32.2 Å². The highest BCUT2D eigenvalue weighted by molar-refractivity contribution is 7.99. The maximum atomic E-state index is 12.3. The second kappa shape index (κ2) is 8.12. The third-order valence-electron chi connectivity index (χ3n) is 3.80. The fraction of sp³-hybridized carbons (Fsp3) is 0.929. The number of morpholine rings is 1. The molecule has 2 saturated heterocycles. The van der Waals surface area contributed by atoms with E-state index in [0.717, 1.165) is 58.0 Å². The lowest BCUT2D eigenvalue weighted by Gasteiger charge is -2.35. The number of hydrogen-bond acceptors (Lipinski definition) is 4. The molecule has 2 aliphatic heterocycles. The first-order chi connectivity index (χ1) is 9.31. The van der Waals surface area contributed by atoms with Crippen LogP contribution < -0.4 is 0 Å². The number of rotatable bonds is 4. The zero-order chi connectivity index (χ0) is 13.5. The minimum Gasteiger partial charge on any atom is -0.379 e. The van der Waals surface area contributed by atoms with Crippen LogP contribution in [0.4, 0.5) is 0 Å². The first-order valence-corrected chi connectivity index (χ1v) is 8.64. The Morgan fingerprint density at radius 3 is 2.84 bits per heavy atom. The minimum absolute atomic E-state index is 0.350. The van der Waals surface area contributed by atoms with E-state index in [2.05, 4.69) is 16.7 Å². The van der Waals surface area contributed by atoms with Crippen LogP contribution in [-0.4, -0.2) is 72.6 Å². The second-order valence-corrected chi connectivity index (χ2v) is 6.48. The molecule has 5 heteroatoms. The van der Waals surface area contributed by atoms with Gasteiger partial charge in [-0.05, 0) is 18.6 Å². The van der Waals surface area contributed by atoms with E-state index >= 15 is 0 Å². The minimum atomic E-state index is 0.350. The van der Waals surface area contributed by atoms with Crippen LogP contribution in [0.3, 0.4) is 0 Å². The predicted octanol–water partition coefficient (Wildman–Crippen LogP) is 1.45. The van der Waals surface area contributed by atoms with E-state index in [1.807, 2.05) is 11.8 Å². The lowest BCUT2D eigenvalue weighted by molar-refractivity contribution is -0.133. The molecule has 19 heavy (non-hydrogen) atoms. The summed E-state index contributed by atoms with van der Waals surface area (Å²) < 4.78 is 5.40. The molecule has 2 rings (SSSR count). The monoisotopic (exact) mass is 286 g/mol. The van der Waals surface area contributed by atoms with Gasteiger partial charge in [0.25, 0.3) is 0 Å². The number of hydrogen-bond donors (Lipinski definition) is 0. The van der Waals surface area contributed by atoms with E-state index < -0.39 is 0 Å². The first-order valence-electron chi connectivity index (χ1n) is 7.48. The lowest BCUT2D eigenvalue weighted by Crippen LogP contribution is -2.50. The summed E-state index contributed by atoms with van der Waals surface area (Å²) in [6.45, 7) is 7.74. The van der Waals surface area contributed by atoms with Crippen molar-refractivity contribution in [2.75, 3.05) is 50.9 Å². The highest BCUT2D eigenvalue weighted by atomic mass is 32.2. The summed E-state index contributed by atoms with van der Waals surface area (Å²) >= 11 is 2.00. The summed E-state index contributed by atoms with van der Waals surface area (Å²) in [7, 11) is 0. The Hall–Kier alpha value is -0.260. The topological polar surface area (TPSA) is 32.8 Å². The zero-order valence-corrected chi connectivity index (χ0v) is 12.8. The van der Waals surface area contributed by atoms with Gasteiger partial charge in [-0.1, -0.05) is 6.92 Å². The molecule has 1 amide bonds. The number of amides is 1.